The molecular weight excluding hydrogens is 396 g/mol. The van der Waals surface area contributed by atoms with E-state index in [4.69, 9.17) is 10.5 Å². The van der Waals surface area contributed by atoms with E-state index in [2.05, 4.69) is 9.97 Å². The number of alkyl halides is 3. The van der Waals surface area contributed by atoms with Crippen LogP contribution in [0.2, 0.25) is 0 Å². The number of rotatable bonds is 7. The van der Waals surface area contributed by atoms with Crippen molar-refractivity contribution in [1.82, 2.24) is 9.97 Å². The highest BCUT2D eigenvalue weighted by Gasteiger charge is 2.32. The molecule has 29 heavy (non-hydrogen) atoms. The number of carbonyl (C=O) groups is 2. The summed E-state index contributed by atoms with van der Waals surface area (Å²) in [5, 5.41) is 0. The van der Waals surface area contributed by atoms with E-state index in [0.717, 1.165) is 0 Å². The molecule has 0 aliphatic heterocycles. The maximum absolute atomic E-state index is 13.8. The van der Waals surface area contributed by atoms with E-state index in [9.17, 15) is 27.2 Å². The molecule has 0 aliphatic carbocycles. The van der Waals surface area contributed by atoms with E-state index in [1.165, 1.54) is 23.2 Å². The fourth-order valence-electron chi connectivity index (χ4n) is 2.29. The lowest BCUT2D eigenvalue weighted by Gasteiger charge is -2.24. The number of carbonyl (C=O) groups excluding carboxylic acids is 2. The Labute approximate surface area is 163 Å². The SMILES string of the molecule is CC(C)C(=O)N(CCOc1ncc(C(F)(F)F)cc1F)c1cc(C(N)=O)ccn1. The molecule has 0 saturated heterocycles. The molecule has 2 N–H and O–H groups in total. The maximum atomic E-state index is 13.8. The zero-order chi connectivity index (χ0) is 21.8. The Morgan fingerprint density at radius 3 is 2.48 bits per heavy atom. The minimum Gasteiger partial charge on any atom is -0.474 e. The van der Waals surface area contributed by atoms with Gasteiger partial charge < -0.3 is 10.5 Å². The highest BCUT2D eigenvalue weighted by atomic mass is 19.4. The van der Waals surface area contributed by atoms with Gasteiger partial charge in [0.05, 0.1) is 12.1 Å². The van der Waals surface area contributed by atoms with Crippen LogP contribution in [0.15, 0.2) is 30.6 Å². The highest BCUT2D eigenvalue weighted by Crippen LogP contribution is 2.30. The van der Waals surface area contributed by atoms with Crippen LogP contribution in [0, 0.1) is 11.7 Å². The van der Waals surface area contributed by atoms with Gasteiger partial charge in [0.2, 0.25) is 17.7 Å². The van der Waals surface area contributed by atoms with Gasteiger partial charge in [0.15, 0.2) is 5.82 Å². The monoisotopic (exact) mass is 414 g/mol. The lowest BCUT2D eigenvalue weighted by molar-refractivity contribution is -0.138. The summed E-state index contributed by atoms with van der Waals surface area (Å²) >= 11 is 0. The molecule has 2 aromatic heterocycles. The van der Waals surface area contributed by atoms with Crippen LogP contribution in [-0.2, 0) is 11.0 Å². The molecule has 0 aromatic carbocycles. The van der Waals surface area contributed by atoms with Gasteiger partial charge in [-0.15, -0.1) is 0 Å². The summed E-state index contributed by atoms with van der Waals surface area (Å²) in [6.45, 7) is 2.89. The van der Waals surface area contributed by atoms with Crippen LogP contribution in [0.4, 0.5) is 23.4 Å². The molecule has 0 radical (unpaired) electrons. The number of anilines is 1. The van der Waals surface area contributed by atoms with Crippen molar-refractivity contribution < 1.29 is 31.9 Å². The normalized spacial score (nSPS) is 11.4. The zero-order valence-electron chi connectivity index (χ0n) is 15.5. The number of hydrogen-bond donors (Lipinski definition) is 1. The topological polar surface area (TPSA) is 98.4 Å². The number of aromatic nitrogens is 2. The third-order valence-corrected chi connectivity index (χ3v) is 3.75. The van der Waals surface area contributed by atoms with Gasteiger partial charge in [-0.1, -0.05) is 13.8 Å². The van der Waals surface area contributed by atoms with E-state index < -0.39 is 35.3 Å². The molecule has 156 valence electrons. The molecule has 0 bridgehead atoms. The summed E-state index contributed by atoms with van der Waals surface area (Å²) in [7, 11) is 0. The average molecular weight is 414 g/mol. The van der Waals surface area contributed by atoms with Gasteiger partial charge in [0.25, 0.3) is 0 Å². The molecule has 0 fully saturated rings. The molecule has 11 heteroatoms. The molecule has 7 nitrogen and oxygen atoms in total. The molecule has 2 rings (SSSR count). The van der Waals surface area contributed by atoms with Gasteiger partial charge in [-0.2, -0.15) is 13.2 Å². The van der Waals surface area contributed by atoms with E-state index in [1.54, 1.807) is 13.8 Å². The number of nitrogens with two attached hydrogens (primary N) is 1. The first kappa shape index (κ1) is 22.1. The summed E-state index contributed by atoms with van der Waals surface area (Å²) in [6, 6.07) is 2.97. The standard InChI is InChI=1S/C18H18F4N4O3/c1-10(2)17(28)26(14-7-11(15(23)27)3-4-24-14)5-6-29-16-13(19)8-12(9-25-16)18(20,21)22/h3-4,7-10H,5-6H2,1-2H3,(H2,23,27). The second kappa shape index (κ2) is 8.84. The van der Waals surface area contributed by atoms with Crippen molar-refractivity contribution in [3.63, 3.8) is 0 Å². The summed E-state index contributed by atoms with van der Waals surface area (Å²) in [4.78, 5) is 32.4. The van der Waals surface area contributed by atoms with E-state index in [0.29, 0.717) is 6.20 Å². The Morgan fingerprint density at radius 2 is 1.93 bits per heavy atom. The number of pyridine rings is 2. The second-order valence-corrected chi connectivity index (χ2v) is 6.27. The van der Waals surface area contributed by atoms with Crippen molar-refractivity contribution in [3.8, 4) is 5.88 Å². The number of hydrogen-bond acceptors (Lipinski definition) is 5. The third kappa shape index (κ3) is 5.62. The van der Waals surface area contributed by atoms with Gasteiger partial charge in [0.1, 0.15) is 12.4 Å². The fourth-order valence-corrected chi connectivity index (χ4v) is 2.29. The Bertz CT molecular complexity index is 903. The smallest absolute Gasteiger partial charge is 0.417 e. The Kier molecular flexibility index (Phi) is 6.72. The first-order valence-electron chi connectivity index (χ1n) is 8.43. The zero-order valence-corrected chi connectivity index (χ0v) is 15.5. The lowest BCUT2D eigenvalue weighted by atomic mass is 10.1. The van der Waals surface area contributed by atoms with Gasteiger partial charge in [-0.3, -0.25) is 14.5 Å². The largest absolute Gasteiger partial charge is 0.474 e. The number of amides is 2. The quantitative estimate of drug-likeness (QED) is 0.703. The van der Waals surface area contributed by atoms with Gasteiger partial charge in [0, 0.05) is 23.9 Å². The van der Waals surface area contributed by atoms with Crippen molar-refractivity contribution in [1.29, 1.82) is 0 Å². The maximum Gasteiger partial charge on any atom is 0.417 e. The number of halogens is 4. The van der Waals surface area contributed by atoms with Crippen LogP contribution >= 0.6 is 0 Å². The van der Waals surface area contributed by atoms with Gasteiger partial charge in [-0.05, 0) is 18.2 Å². The van der Waals surface area contributed by atoms with Crippen molar-refractivity contribution >= 4 is 17.6 Å². The van der Waals surface area contributed by atoms with Crippen molar-refractivity contribution in [2.45, 2.75) is 20.0 Å². The minimum atomic E-state index is -4.73. The first-order valence-corrected chi connectivity index (χ1v) is 8.43. The van der Waals surface area contributed by atoms with Crippen LogP contribution in [-0.4, -0.2) is 34.9 Å². The van der Waals surface area contributed by atoms with Gasteiger partial charge in [-0.25, -0.2) is 14.4 Å². The van der Waals surface area contributed by atoms with Crippen LogP contribution in [0.3, 0.4) is 0 Å². The summed E-state index contributed by atoms with van der Waals surface area (Å²) in [6.07, 6.45) is -2.98. The number of nitrogens with zero attached hydrogens (tertiary/aromatic N) is 3. The van der Waals surface area contributed by atoms with Crippen LogP contribution in [0.25, 0.3) is 0 Å². The highest BCUT2D eigenvalue weighted by molar-refractivity contribution is 5.97. The summed E-state index contributed by atoms with van der Waals surface area (Å²) in [5.74, 6) is -3.29. The fraction of sp³-hybridized carbons (Fsp3) is 0.333. The molecule has 0 saturated carbocycles. The molecular formula is C18H18F4N4O3. The van der Waals surface area contributed by atoms with Crippen molar-refractivity contribution in [3.05, 3.63) is 47.5 Å². The molecule has 0 atom stereocenters. The van der Waals surface area contributed by atoms with E-state index >= 15 is 0 Å². The van der Waals surface area contributed by atoms with Crippen LogP contribution < -0.4 is 15.4 Å². The molecule has 0 spiro atoms. The second-order valence-electron chi connectivity index (χ2n) is 6.27. The summed E-state index contributed by atoms with van der Waals surface area (Å²) < 4.78 is 56.6. The van der Waals surface area contributed by atoms with E-state index in [-0.39, 0.29) is 36.5 Å². The molecule has 2 aromatic rings. The Balaban J connectivity index is 2.16. The van der Waals surface area contributed by atoms with Crippen LogP contribution in [0.1, 0.15) is 29.8 Å². The first-order chi connectivity index (χ1) is 13.5. The number of primary amides is 1. The Hall–Kier alpha value is -3.24. The predicted molar refractivity (Wildman–Crippen MR) is 94.6 cm³/mol. The van der Waals surface area contributed by atoms with Crippen molar-refractivity contribution in [2.75, 3.05) is 18.1 Å². The predicted octanol–water partition coefficient (Wildman–Crippen LogP) is 2.80. The lowest BCUT2D eigenvalue weighted by Crippen LogP contribution is -2.38. The molecule has 2 amide bonds. The Morgan fingerprint density at radius 1 is 1.24 bits per heavy atom. The molecule has 2 heterocycles. The minimum absolute atomic E-state index is 0.117. The van der Waals surface area contributed by atoms with Crippen molar-refractivity contribution in [2.24, 2.45) is 11.7 Å². The third-order valence-electron chi connectivity index (χ3n) is 3.75. The molecule has 0 aliphatic rings. The van der Waals surface area contributed by atoms with Crippen LogP contribution in [0.5, 0.6) is 5.88 Å². The number of ether oxygens (including phenoxy) is 1. The molecule has 0 unspecified atom stereocenters. The summed E-state index contributed by atoms with van der Waals surface area (Å²) in [5.41, 5.74) is 4.12. The van der Waals surface area contributed by atoms with E-state index in [1.807, 2.05) is 0 Å². The average Bonchev–Trinajstić information content (AvgIpc) is 2.65. The van der Waals surface area contributed by atoms with Gasteiger partial charge >= 0.3 is 6.18 Å².